The molecule has 7 nitrogen and oxygen atoms in total. The quantitative estimate of drug-likeness (QED) is 0.357. The number of nitrogens with zero attached hydrogens (tertiary/aromatic N) is 5. The zero-order valence-corrected chi connectivity index (χ0v) is 22.2. The topological polar surface area (TPSA) is 77.4 Å². The van der Waals surface area contributed by atoms with Crippen LogP contribution in [0.25, 0.3) is 32.9 Å². The van der Waals surface area contributed by atoms with E-state index in [0.29, 0.717) is 35.6 Å². The summed E-state index contributed by atoms with van der Waals surface area (Å²) >= 11 is 0. The van der Waals surface area contributed by atoms with Gasteiger partial charge in [0.25, 0.3) is 0 Å². The standard InChI is InChI=1S/C31H27F3N6O/c32-18-12-31(6-2-8-39(31)15-18)7-5-25-37-29-23(30(38-25)40-16-19-10-20(40)13-35-19)14-36-28(27(29)34)22-11-21(41)9-17-3-1-4-24(33)26(17)22/h1,3-4,9,11,14,18-20,35,41H,2,6,8,10,12-13,15-16H2/t18-,19-,20-,31-/m1/s1. The van der Waals surface area contributed by atoms with Gasteiger partial charge in [0.05, 0.1) is 10.9 Å². The number of aromatic nitrogens is 3. The van der Waals surface area contributed by atoms with Crippen molar-refractivity contribution >= 4 is 27.5 Å². The second-order valence-corrected chi connectivity index (χ2v) is 11.7. The molecule has 0 radical (unpaired) electrons. The fourth-order valence-electron chi connectivity index (χ4n) is 7.34. The Morgan fingerprint density at radius 2 is 2.05 bits per heavy atom. The maximum atomic E-state index is 16.5. The van der Waals surface area contributed by atoms with Crippen LogP contribution in [0.15, 0.2) is 36.5 Å². The molecule has 2 aromatic heterocycles. The van der Waals surface area contributed by atoms with Gasteiger partial charge in [-0.1, -0.05) is 18.1 Å². The van der Waals surface area contributed by atoms with Gasteiger partial charge in [0.2, 0.25) is 5.82 Å². The predicted octanol–water partition coefficient (Wildman–Crippen LogP) is 4.31. The SMILES string of the molecule is Oc1cc(-c2ncc3c(N4C[C@H]5C[C@@H]4CN5)nc(C#C[C@@]45CCCN4C[C@H](F)C5)nc3c2F)c2c(F)cccc2c1. The molecule has 8 rings (SSSR count). The van der Waals surface area contributed by atoms with Gasteiger partial charge >= 0.3 is 0 Å². The van der Waals surface area contributed by atoms with Crippen LogP contribution >= 0.6 is 0 Å². The van der Waals surface area contributed by atoms with Crippen LogP contribution in [0.3, 0.4) is 0 Å². The first kappa shape index (κ1) is 24.8. The van der Waals surface area contributed by atoms with E-state index < -0.39 is 23.3 Å². The van der Waals surface area contributed by atoms with E-state index in [-0.39, 0.29) is 39.8 Å². The Morgan fingerprint density at radius 3 is 2.88 bits per heavy atom. The van der Waals surface area contributed by atoms with E-state index in [1.807, 2.05) is 0 Å². The van der Waals surface area contributed by atoms with Gasteiger partial charge in [0.1, 0.15) is 34.8 Å². The van der Waals surface area contributed by atoms with Gasteiger partial charge in [-0.2, -0.15) is 0 Å². The van der Waals surface area contributed by atoms with Crippen molar-refractivity contribution < 1.29 is 18.3 Å². The molecule has 2 aromatic carbocycles. The highest BCUT2D eigenvalue weighted by atomic mass is 19.1. The molecule has 208 valence electrons. The second kappa shape index (κ2) is 9.03. The number of hydrogen-bond acceptors (Lipinski definition) is 7. The minimum absolute atomic E-state index is 0.0310. The fraction of sp³-hybridized carbons (Fsp3) is 0.387. The fourth-order valence-corrected chi connectivity index (χ4v) is 7.34. The van der Waals surface area contributed by atoms with E-state index in [1.54, 1.807) is 6.07 Å². The van der Waals surface area contributed by atoms with Crippen molar-refractivity contribution in [2.45, 2.75) is 49.5 Å². The van der Waals surface area contributed by atoms with Crippen molar-refractivity contribution in [3.8, 4) is 28.8 Å². The highest BCUT2D eigenvalue weighted by molar-refractivity contribution is 6.00. The average Bonchev–Trinajstić information content (AvgIpc) is 3.73. The van der Waals surface area contributed by atoms with E-state index in [2.05, 4.69) is 36.9 Å². The predicted molar refractivity (Wildman–Crippen MR) is 149 cm³/mol. The number of phenolic OH excluding ortho intramolecular Hbond substituents is 1. The highest BCUT2D eigenvalue weighted by Gasteiger charge is 2.47. The van der Waals surface area contributed by atoms with Crippen LogP contribution in [-0.2, 0) is 0 Å². The molecule has 4 atom stereocenters. The molecule has 6 heterocycles. The third-order valence-electron chi connectivity index (χ3n) is 9.17. The molecule has 4 fully saturated rings. The Kier molecular flexibility index (Phi) is 5.47. The number of alkyl halides is 1. The summed E-state index contributed by atoms with van der Waals surface area (Å²) in [5.41, 5.74) is -0.499. The first-order valence-electron chi connectivity index (χ1n) is 14.1. The zero-order chi connectivity index (χ0) is 27.9. The lowest BCUT2D eigenvalue weighted by Crippen LogP contribution is -2.44. The summed E-state index contributed by atoms with van der Waals surface area (Å²) in [5, 5.41) is 14.9. The number of nitrogens with one attached hydrogen (secondary N) is 1. The summed E-state index contributed by atoms with van der Waals surface area (Å²) in [5.74, 6) is 5.69. The molecule has 0 aliphatic carbocycles. The molecule has 2 bridgehead atoms. The molecule has 10 heteroatoms. The normalized spacial score (nSPS) is 27.1. The first-order valence-corrected chi connectivity index (χ1v) is 14.1. The van der Waals surface area contributed by atoms with Crippen LogP contribution in [0.1, 0.15) is 31.5 Å². The average molecular weight is 557 g/mol. The van der Waals surface area contributed by atoms with Gasteiger partial charge in [-0.3, -0.25) is 9.88 Å². The molecule has 4 saturated heterocycles. The highest BCUT2D eigenvalue weighted by Crippen LogP contribution is 2.41. The summed E-state index contributed by atoms with van der Waals surface area (Å²) in [6.45, 7) is 2.70. The maximum Gasteiger partial charge on any atom is 0.207 e. The Morgan fingerprint density at radius 1 is 1.15 bits per heavy atom. The molecule has 0 amide bonds. The van der Waals surface area contributed by atoms with Gasteiger partial charge < -0.3 is 15.3 Å². The number of piperazine rings is 1. The molecule has 4 aliphatic heterocycles. The van der Waals surface area contributed by atoms with Gasteiger partial charge in [-0.15, -0.1) is 0 Å². The molecule has 0 unspecified atom stereocenters. The van der Waals surface area contributed by atoms with Crippen molar-refractivity contribution in [2.75, 3.05) is 31.1 Å². The van der Waals surface area contributed by atoms with E-state index in [4.69, 9.17) is 4.98 Å². The summed E-state index contributed by atoms with van der Waals surface area (Å²) in [6.07, 6.45) is 3.65. The number of pyridine rings is 1. The monoisotopic (exact) mass is 556 g/mol. The molecule has 0 saturated carbocycles. The van der Waals surface area contributed by atoms with E-state index in [1.165, 1.54) is 30.5 Å². The van der Waals surface area contributed by atoms with Crippen LogP contribution in [0.2, 0.25) is 0 Å². The molecule has 2 N–H and O–H groups in total. The largest absolute Gasteiger partial charge is 0.508 e. The molecule has 4 aliphatic rings. The summed E-state index contributed by atoms with van der Waals surface area (Å²) in [7, 11) is 0. The lowest BCUT2D eigenvalue weighted by Gasteiger charge is -2.29. The number of aromatic hydroxyl groups is 1. The Balaban J connectivity index is 1.32. The van der Waals surface area contributed by atoms with E-state index >= 15 is 4.39 Å². The van der Waals surface area contributed by atoms with Crippen LogP contribution in [-0.4, -0.2) is 74.9 Å². The van der Waals surface area contributed by atoms with Crippen molar-refractivity contribution in [1.29, 1.82) is 0 Å². The minimum atomic E-state index is -0.922. The number of benzene rings is 2. The van der Waals surface area contributed by atoms with Crippen LogP contribution in [0, 0.1) is 23.5 Å². The van der Waals surface area contributed by atoms with Crippen molar-refractivity contribution in [2.24, 2.45) is 0 Å². The van der Waals surface area contributed by atoms with Crippen molar-refractivity contribution in [3.05, 3.63) is 54.0 Å². The lowest BCUT2D eigenvalue weighted by molar-refractivity contribution is 0.255. The van der Waals surface area contributed by atoms with Gasteiger partial charge in [0.15, 0.2) is 5.82 Å². The van der Waals surface area contributed by atoms with Crippen LogP contribution in [0.4, 0.5) is 19.0 Å². The third kappa shape index (κ3) is 3.86. The number of phenols is 1. The minimum Gasteiger partial charge on any atom is -0.508 e. The summed E-state index contributed by atoms with van der Waals surface area (Å²) in [6, 6.07) is 7.76. The lowest BCUT2D eigenvalue weighted by atomic mass is 9.94. The number of halogens is 3. The Labute approximate surface area is 234 Å². The summed E-state index contributed by atoms with van der Waals surface area (Å²) in [4.78, 5) is 18.1. The third-order valence-corrected chi connectivity index (χ3v) is 9.17. The second-order valence-electron chi connectivity index (χ2n) is 11.7. The smallest absolute Gasteiger partial charge is 0.207 e. The molecule has 0 spiro atoms. The van der Waals surface area contributed by atoms with Crippen LogP contribution < -0.4 is 10.2 Å². The molecular formula is C31H27F3N6O. The number of fused-ring (bicyclic) bond motifs is 5. The van der Waals surface area contributed by atoms with Gasteiger partial charge in [-0.05, 0) is 55.3 Å². The number of rotatable bonds is 2. The molecule has 4 aromatic rings. The Bertz CT molecular complexity index is 1800. The Hall–Kier alpha value is -3.94. The number of anilines is 1. The molecular weight excluding hydrogens is 529 g/mol. The molecule has 41 heavy (non-hydrogen) atoms. The van der Waals surface area contributed by atoms with Crippen molar-refractivity contribution in [1.82, 2.24) is 25.2 Å². The van der Waals surface area contributed by atoms with E-state index in [0.717, 1.165) is 38.9 Å². The van der Waals surface area contributed by atoms with Crippen LogP contribution in [0.5, 0.6) is 5.75 Å². The number of hydrogen-bond donors (Lipinski definition) is 2. The maximum absolute atomic E-state index is 16.5. The zero-order valence-electron chi connectivity index (χ0n) is 22.2. The van der Waals surface area contributed by atoms with E-state index in [9.17, 15) is 13.9 Å². The van der Waals surface area contributed by atoms with Gasteiger partial charge in [0, 0.05) is 55.3 Å². The first-order chi connectivity index (χ1) is 19.9. The van der Waals surface area contributed by atoms with Gasteiger partial charge in [-0.25, -0.2) is 23.1 Å². The van der Waals surface area contributed by atoms with Crippen molar-refractivity contribution in [3.63, 3.8) is 0 Å². The summed E-state index contributed by atoms with van der Waals surface area (Å²) < 4.78 is 45.8.